The molecule has 0 aliphatic heterocycles. The van der Waals surface area contributed by atoms with E-state index in [-0.39, 0.29) is 0 Å². The average molecular weight is 289 g/mol. The predicted molar refractivity (Wildman–Crippen MR) is 52.3 cm³/mol. The van der Waals surface area contributed by atoms with Crippen molar-refractivity contribution in [1.82, 2.24) is 4.98 Å². The molecule has 0 aliphatic rings. The van der Waals surface area contributed by atoms with Gasteiger partial charge >= 0.3 is 6.18 Å². The molecule has 2 N–H and O–H groups in total. The highest BCUT2D eigenvalue weighted by molar-refractivity contribution is 6.17. The quantitative estimate of drug-likeness (QED) is 0.687. The number of amides is 1. The molecule has 18 heavy (non-hydrogen) atoms. The lowest BCUT2D eigenvalue weighted by molar-refractivity contribution is -0.140. The van der Waals surface area contributed by atoms with Crippen LogP contribution in [0.3, 0.4) is 0 Å². The van der Waals surface area contributed by atoms with Crippen LogP contribution >= 0.6 is 11.6 Å². The molecule has 0 saturated carbocycles. The second-order valence-electron chi connectivity index (χ2n) is 3.20. The lowest BCUT2D eigenvalue weighted by atomic mass is 10.0. The Bertz CT molecular complexity index is 475. The zero-order valence-corrected chi connectivity index (χ0v) is 9.32. The second-order valence-corrected chi connectivity index (χ2v) is 3.47. The third-order valence-corrected chi connectivity index (χ3v) is 2.35. The smallest absolute Gasteiger partial charge is 0.366 e. The van der Waals surface area contributed by atoms with Gasteiger partial charge in [-0.2, -0.15) is 13.2 Å². The molecule has 1 rings (SSSR count). The first kappa shape index (κ1) is 14.6. The molecule has 0 atom stereocenters. The summed E-state index contributed by atoms with van der Waals surface area (Å²) in [7, 11) is 0. The highest BCUT2D eigenvalue weighted by atomic mass is 35.5. The molecule has 0 radical (unpaired) electrons. The van der Waals surface area contributed by atoms with E-state index in [4.69, 9.17) is 17.3 Å². The summed E-state index contributed by atoms with van der Waals surface area (Å²) in [6.07, 6.45) is -8.13. The summed E-state index contributed by atoms with van der Waals surface area (Å²) in [6.45, 7) is 0. The van der Waals surface area contributed by atoms with Crippen LogP contribution in [-0.2, 0) is 12.1 Å². The summed E-state index contributed by atoms with van der Waals surface area (Å²) in [4.78, 5) is 14.1. The van der Waals surface area contributed by atoms with E-state index < -0.39 is 46.8 Å². The van der Waals surface area contributed by atoms with Crippen LogP contribution in [-0.4, -0.2) is 10.9 Å². The SMILES string of the molecule is NC(=O)c1cnc(CCl)c(C(F)F)c1C(F)(F)F. The third kappa shape index (κ3) is 2.69. The van der Waals surface area contributed by atoms with Gasteiger partial charge in [0.25, 0.3) is 12.3 Å². The van der Waals surface area contributed by atoms with Gasteiger partial charge in [0.2, 0.25) is 0 Å². The maximum Gasteiger partial charge on any atom is 0.417 e. The van der Waals surface area contributed by atoms with Crippen LogP contribution < -0.4 is 5.73 Å². The fourth-order valence-corrected chi connectivity index (χ4v) is 1.61. The number of alkyl halides is 6. The molecule has 0 unspecified atom stereocenters. The molecule has 1 amide bonds. The molecule has 100 valence electrons. The van der Waals surface area contributed by atoms with E-state index in [1.807, 2.05) is 0 Å². The number of hydrogen-bond donors (Lipinski definition) is 1. The minimum Gasteiger partial charge on any atom is -0.366 e. The van der Waals surface area contributed by atoms with Gasteiger partial charge in [0, 0.05) is 6.20 Å². The van der Waals surface area contributed by atoms with E-state index in [1.165, 1.54) is 0 Å². The van der Waals surface area contributed by atoms with Crippen LogP contribution in [0.15, 0.2) is 6.20 Å². The van der Waals surface area contributed by atoms with Gasteiger partial charge in [-0.15, -0.1) is 11.6 Å². The number of rotatable bonds is 3. The minimum atomic E-state index is -5.15. The number of pyridine rings is 1. The molecule has 1 heterocycles. The Labute approximate surface area is 103 Å². The molecule has 0 fully saturated rings. The Morgan fingerprint density at radius 3 is 2.33 bits per heavy atom. The number of halogens is 6. The fourth-order valence-electron chi connectivity index (χ4n) is 1.40. The van der Waals surface area contributed by atoms with E-state index in [0.717, 1.165) is 0 Å². The Hall–Kier alpha value is -1.44. The van der Waals surface area contributed by atoms with Gasteiger partial charge in [-0.3, -0.25) is 9.78 Å². The molecule has 1 aromatic rings. The van der Waals surface area contributed by atoms with Crippen molar-refractivity contribution in [3.05, 3.63) is 28.6 Å². The second kappa shape index (κ2) is 5.05. The van der Waals surface area contributed by atoms with Crippen molar-refractivity contribution in [1.29, 1.82) is 0 Å². The molecule has 9 heteroatoms. The van der Waals surface area contributed by atoms with Gasteiger partial charge in [-0.1, -0.05) is 0 Å². The maximum atomic E-state index is 12.7. The fraction of sp³-hybridized carbons (Fsp3) is 0.333. The largest absolute Gasteiger partial charge is 0.417 e. The van der Waals surface area contributed by atoms with E-state index >= 15 is 0 Å². The van der Waals surface area contributed by atoms with Crippen molar-refractivity contribution < 1.29 is 26.7 Å². The van der Waals surface area contributed by atoms with Crippen molar-refractivity contribution >= 4 is 17.5 Å². The number of hydrogen-bond acceptors (Lipinski definition) is 2. The highest BCUT2D eigenvalue weighted by Gasteiger charge is 2.41. The Kier molecular flexibility index (Phi) is 4.10. The predicted octanol–water partition coefficient (Wildman–Crippen LogP) is 2.88. The number of primary amides is 1. The van der Waals surface area contributed by atoms with Crippen LogP contribution in [0.4, 0.5) is 22.0 Å². The van der Waals surface area contributed by atoms with Crippen LogP contribution in [0, 0.1) is 0 Å². The van der Waals surface area contributed by atoms with Crippen molar-refractivity contribution in [2.45, 2.75) is 18.5 Å². The van der Waals surface area contributed by atoms with Crippen molar-refractivity contribution in [3.8, 4) is 0 Å². The monoisotopic (exact) mass is 288 g/mol. The summed E-state index contributed by atoms with van der Waals surface area (Å²) in [6, 6.07) is 0. The van der Waals surface area contributed by atoms with Crippen LogP contribution in [0.2, 0.25) is 0 Å². The van der Waals surface area contributed by atoms with Gasteiger partial charge < -0.3 is 5.73 Å². The number of nitrogens with two attached hydrogens (primary N) is 1. The lowest BCUT2D eigenvalue weighted by Gasteiger charge is -2.17. The zero-order valence-electron chi connectivity index (χ0n) is 8.56. The van der Waals surface area contributed by atoms with Gasteiger partial charge in [0.05, 0.1) is 28.3 Å². The zero-order chi connectivity index (χ0) is 14.1. The molecule has 0 aromatic carbocycles. The van der Waals surface area contributed by atoms with Crippen molar-refractivity contribution in [3.63, 3.8) is 0 Å². The normalized spacial score (nSPS) is 11.9. The lowest BCUT2D eigenvalue weighted by Crippen LogP contribution is -2.23. The minimum absolute atomic E-state index is 0.495. The molecule has 0 bridgehead atoms. The number of carbonyl (C=O) groups excluding carboxylic acids is 1. The maximum absolute atomic E-state index is 12.7. The molecule has 3 nitrogen and oxygen atoms in total. The number of aromatic nitrogens is 1. The molecule has 0 aliphatic carbocycles. The van der Waals surface area contributed by atoms with E-state index in [1.54, 1.807) is 0 Å². The topological polar surface area (TPSA) is 56.0 Å². The summed E-state index contributed by atoms with van der Waals surface area (Å²) in [5.41, 5.74) is -0.215. The highest BCUT2D eigenvalue weighted by Crippen LogP contribution is 2.39. The van der Waals surface area contributed by atoms with Gasteiger partial charge in [-0.25, -0.2) is 8.78 Å². The van der Waals surface area contributed by atoms with Crippen molar-refractivity contribution in [2.75, 3.05) is 0 Å². The standard InChI is InChI=1S/C9H6ClF5N2O/c10-1-4-5(7(11)12)6(9(13,14)15)3(2-17-4)8(16)18/h2,7H,1H2,(H2,16,18). The summed E-state index contributed by atoms with van der Waals surface area (Å²) < 4.78 is 63.6. The first-order chi connectivity index (χ1) is 8.20. The van der Waals surface area contributed by atoms with Crippen LogP contribution in [0.1, 0.15) is 33.6 Å². The van der Waals surface area contributed by atoms with Crippen LogP contribution in [0.25, 0.3) is 0 Å². The van der Waals surface area contributed by atoms with E-state index in [2.05, 4.69) is 4.98 Å². The summed E-state index contributed by atoms with van der Waals surface area (Å²) >= 11 is 5.25. The number of carbonyl (C=O) groups is 1. The Balaban J connectivity index is 3.71. The Morgan fingerprint density at radius 2 is 2.00 bits per heavy atom. The molecule has 0 saturated heterocycles. The van der Waals surface area contributed by atoms with E-state index in [0.29, 0.717) is 6.20 Å². The van der Waals surface area contributed by atoms with Gasteiger partial charge in [-0.05, 0) is 0 Å². The first-order valence-electron chi connectivity index (χ1n) is 4.43. The number of nitrogens with zero attached hydrogens (tertiary/aromatic N) is 1. The van der Waals surface area contributed by atoms with Crippen molar-refractivity contribution in [2.24, 2.45) is 5.73 Å². The Morgan fingerprint density at radius 1 is 1.44 bits per heavy atom. The molecular formula is C9H6ClF5N2O. The van der Waals surface area contributed by atoms with Gasteiger partial charge in [0.15, 0.2) is 0 Å². The third-order valence-electron chi connectivity index (χ3n) is 2.09. The summed E-state index contributed by atoms with van der Waals surface area (Å²) in [5, 5.41) is 0. The van der Waals surface area contributed by atoms with Crippen LogP contribution in [0.5, 0.6) is 0 Å². The first-order valence-corrected chi connectivity index (χ1v) is 4.96. The molecule has 0 spiro atoms. The average Bonchev–Trinajstić information content (AvgIpc) is 2.25. The molecule has 1 aromatic heterocycles. The van der Waals surface area contributed by atoms with Gasteiger partial charge in [0.1, 0.15) is 0 Å². The van der Waals surface area contributed by atoms with E-state index in [9.17, 15) is 26.7 Å². The molecular weight excluding hydrogens is 283 g/mol. The summed E-state index contributed by atoms with van der Waals surface area (Å²) in [5.74, 6) is -2.13.